The maximum atomic E-state index is 4.45. The fraction of sp³-hybridized carbons (Fsp3) is 0.588. The van der Waals surface area contributed by atoms with E-state index in [1.165, 1.54) is 30.5 Å². The molecule has 0 spiro atoms. The Bertz CT molecular complexity index is 647. The van der Waals surface area contributed by atoms with E-state index in [0.29, 0.717) is 6.04 Å². The largest absolute Gasteiger partial charge is 0.352 e. The molecule has 0 amide bonds. The molecule has 1 fully saturated rings. The highest BCUT2D eigenvalue weighted by Crippen LogP contribution is 2.25. The van der Waals surface area contributed by atoms with Crippen LogP contribution in [0.5, 0.6) is 0 Å². The first-order valence-corrected chi connectivity index (χ1v) is 8.56. The Morgan fingerprint density at radius 3 is 2.91 bits per heavy atom. The number of hydrogen-bond acceptors (Lipinski definition) is 5. The molecule has 23 heavy (non-hydrogen) atoms. The molecule has 6 heteroatoms. The van der Waals surface area contributed by atoms with Gasteiger partial charge in [-0.25, -0.2) is 4.98 Å². The van der Waals surface area contributed by atoms with Crippen molar-refractivity contribution in [2.24, 2.45) is 0 Å². The van der Waals surface area contributed by atoms with Crippen LogP contribution in [0.25, 0.3) is 0 Å². The first-order valence-electron chi connectivity index (χ1n) is 8.56. The van der Waals surface area contributed by atoms with Crippen LogP contribution in [0.2, 0.25) is 0 Å². The molecular formula is C17H24N6. The van der Waals surface area contributed by atoms with Crippen molar-refractivity contribution >= 4 is 5.82 Å². The van der Waals surface area contributed by atoms with E-state index in [-0.39, 0.29) is 0 Å². The number of nitrogens with zero attached hydrogens (tertiary/aromatic N) is 6. The summed E-state index contributed by atoms with van der Waals surface area (Å²) in [4.78, 5) is 8.87. The molecule has 0 atom stereocenters. The summed E-state index contributed by atoms with van der Waals surface area (Å²) >= 11 is 0. The molecule has 2 aromatic rings. The molecular weight excluding hydrogens is 288 g/mol. The summed E-state index contributed by atoms with van der Waals surface area (Å²) in [6, 6.07) is 2.87. The van der Waals surface area contributed by atoms with Gasteiger partial charge in [-0.1, -0.05) is 0 Å². The predicted octanol–water partition coefficient (Wildman–Crippen LogP) is 1.37. The lowest BCUT2D eigenvalue weighted by atomic mass is 9.96. The minimum atomic E-state index is 0.608. The average molecular weight is 312 g/mol. The number of anilines is 1. The topological polar surface area (TPSA) is 50.1 Å². The smallest absolute Gasteiger partial charge is 0.151 e. The second-order valence-corrected chi connectivity index (χ2v) is 6.72. The fourth-order valence-electron chi connectivity index (χ4n) is 3.43. The first-order chi connectivity index (χ1) is 11.3. The molecule has 2 aliphatic rings. The van der Waals surface area contributed by atoms with Gasteiger partial charge >= 0.3 is 0 Å². The van der Waals surface area contributed by atoms with Gasteiger partial charge in [-0.15, -0.1) is 5.10 Å². The fourth-order valence-corrected chi connectivity index (χ4v) is 3.43. The monoisotopic (exact) mass is 312 g/mol. The molecule has 1 saturated heterocycles. The van der Waals surface area contributed by atoms with E-state index < -0.39 is 0 Å². The van der Waals surface area contributed by atoms with E-state index in [4.69, 9.17) is 0 Å². The average Bonchev–Trinajstić information content (AvgIpc) is 3.05. The van der Waals surface area contributed by atoms with Gasteiger partial charge in [0, 0.05) is 44.6 Å². The Balaban J connectivity index is 1.30. The molecule has 0 saturated carbocycles. The van der Waals surface area contributed by atoms with E-state index in [1.807, 2.05) is 18.7 Å². The molecule has 3 heterocycles. The van der Waals surface area contributed by atoms with Gasteiger partial charge in [0.1, 0.15) is 0 Å². The molecule has 0 bridgehead atoms. The maximum absolute atomic E-state index is 4.45. The van der Waals surface area contributed by atoms with Gasteiger partial charge in [-0.05, 0) is 44.4 Å². The Hall–Kier alpha value is -1.95. The van der Waals surface area contributed by atoms with E-state index in [9.17, 15) is 0 Å². The van der Waals surface area contributed by atoms with Crippen LogP contribution < -0.4 is 4.90 Å². The lowest BCUT2D eigenvalue weighted by molar-refractivity contribution is 0.197. The summed E-state index contributed by atoms with van der Waals surface area (Å²) in [6.45, 7) is 4.14. The highest BCUT2D eigenvalue weighted by Gasteiger charge is 2.31. The third-order valence-corrected chi connectivity index (χ3v) is 5.14. The van der Waals surface area contributed by atoms with Crippen molar-refractivity contribution in [2.75, 3.05) is 31.6 Å². The van der Waals surface area contributed by atoms with E-state index >= 15 is 0 Å². The van der Waals surface area contributed by atoms with Gasteiger partial charge in [0.05, 0.1) is 12.0 Å². The van der Waals surface area contributed by atoms with Gasteiger partial charge in [-0.2, -0.15) is 5.10 Å². The summed E-state index contributed by atoms with van der Waals surface area (Å²) in [5, 5.41) is 8.89. The molecule has 1 aliphatic carbocycles. The van der Waals surface area contributed by atoms with Crippen molar-refractivity contribution in [3.05, 3.63) is 36.0 Å². The maximum Gasteiger partial charge on any atom is 0.151 e. The number of hydrogen-bond donors (Lipinski definition) is 0. The second kappa shape index (κ2) is 6.28. The van der Waals surface area contributed by atoms with Gasteiger partial charge < -0.3 is 9.47 Å². The van der Waals surface area contributed by atoms with Gasteiger partial charge in [0.2, 0.25) is 0 Å². The first kappa shape index (κ1) is 14.6. The number of fused-ring (bicyclic) bond motifs is 1. The van der Waals surface area contributed by atoms with Crippen LogP contribution in [0.3, 0.4) is 0 Å². The number of likely N-dealkylation sites (N-methyl/N-ethyl adjacent to an activating group) is 1. The van der Waals surface area contributed by atoms with Crippen molar-refractivity contribution in [1.29, 1.82) is 0 Å². The summed E-state index contributed by atoms with van der Waals surface area (Å²) in [6.07, 6.45) is 10.5. The zero-order chi connectivity index (χ0) is 15.6. The third kappa shape index (κ3) is 3.08. The summed E-state index contributed by atoms with van der Waals surface area (Å²) < 4.78 is 2.13. The SMILES string of the molecule is CN(CCn1ccnc1)C1CN(c2cc3c(nn2)CCCC3)C1. The van der Waals surface area contributed by atoms with Crippen LogP contribution in [0.4, 0.5) is 5.82 Å². The van der Waals surface area contributed by atoms with Crippen LogP contribution in [-0.2, 0) is 19.4 Å². The van der Waals surface area contributed by atoms with Crippen LogP contribution in [0, 0.1) is 0 Å². The Labute approximate surface area is 137 Å². The number of aryl methyl sites for hydroxylation is 2. The summed E-state index contributed by atoms with van der Waals surface area (Å²) in [5.74, 6) is 1.06. The lowest BCUT2D eigenvalue weighted by Gasteiger charge is -2.44. The molecule has 1 aliphatic heterocycles. The Morgan fingerprint density at radius 2 is 2.09 bits per heavy atom. The minimum absolute atomic E-state index is 0.608. The van der Waals surface area contributed by atoms with Crippen molar-refractivity contribution < 1.29 is 0 Å². The Kier molecular flexibility index (Phi) is 3.99. The highest BCUT2D eigenvalue weighted by atomic mass is 15.4. The second-order valence-electron chi connectivity index (χ2n) is 6.72. The molecule has 0 aromatic carbocycles. The predicted molar refractivity (Wildman–Crippen MR) is 89.5 cm³/mol. The minimum Gasteiger partial charge on any atom is -0.352 e. The van der Waals surface area contributed by atoms with E-state index in [0.717, 1.165) is 38.4 Å². The summed E-state index contributed by atoms with van der Waals surface area (Å²) in [7, 11) is 2.21. The van der Waals surface area contributed by atoms with E-state index in [1.54, 1.807) is 0 Å². The zero-order valence-electron chi connectivity index (χ0n) is 13.7. The zero-order valence-corrected chi connectivity index (χ0v) is 13.7. The van der Waals surface area contributed by atoms with Crippen LogP contribution in [-0.4, -0.2) is 57.4 Å². The lowest BCUT2D eigenvalue weighted by Crippen LogP contribution is -2.59. The van der Waals surface area contributed by atoms with Crippen molar-refractivity contribution in [2.45, 2.75) is 38.3 Å². The number of aromatic nitrogens is 4. The van der Waals surface area contributed by atoms with Crippen LogP contribution >= 0.6 is 0 Å². The number of rotatable bonds is 5. The molecule has 0 N–H and O–H groups in total. The standard InChI is InChI=1S/C17H24N6/c1-21(8-9-22-7-6-18-13-22)15-11-23(12-15)17-10-14-4-2-3-5-16(14)19-20-17/h6-7,10,13,15H,2-5,8-9,11-12H2,1H3. The van der Waals surface area contributed by atoms with Gasteiger partial charge in [-0.3, -0.25) is 4.90 Å². The van der Waals surface area contributed by atoms with Crippen LogP contribution in [0.15, 0.2) is 24.8 Å². The molecule has 2 aromatic heterocycles. The molecule has 0 radical (unpaired) electrons. The highest BCUT2D eigenvalue weighted by molar-refractivity contribution is 5.45. The number of imidazole rings is 1. The summed E-state index contributed by atoms with van der Waals surface area (Å²) in [5.41, 5.74) is 2.63. The Morgan fingerprint density at radius 1 is 1.22 bits per heavy atom. The van der Waals surface area contributed by atoms with E-state index in [2.05, 4.69) is 42.7 Å². The molecule has 4 rings (SSSR count). The van der Waals surface area contributed by atoms with Crippen LogP contribution in [0.1, 0.15) is 24.1 Å². The third-order valence-electron chi connectivity index (χ3n) is 5.14. The molecule has 122 valence electrons. The van der Waals surface area contributed by atoms with Gasteiger partial charge in [0.15, 0.2) is 5.82 Å². The van der Waals surface area contributed by atoms with Crippen molar-refractivity contribution in [1.82, 2.24) is 24.6 Å². The van der Waals surface area contributed by atoms with Crippen molar-refractivity contribution in [3.8, 4) is 0 Å². The molecule has 6 nitrogen and oxygen atoms in total. The van der Waals surface area contributed by atoms with Crippen molar-refractivity contribution in [3.63, 3.8) is 0 Å². The normalized spacial score (nSPS) is 18.1. The quantitative estimate of drug-likeness (QED) is 0.835. The molecule has 0 unspecified atom stereocenters. The van der Waals surface area contributed by atoms with Gasteiger partial charge in [0.25, 0.3) is 0 Å².